The summed E-state index contributed by atoms with van der Waals surface area (Å²) in [5.41, 5.74) is 6.37. The van der Waals surface area contributed by atoms with Gasteiger partial charge in [0.15, 0.2) is 0 Å². The summed E-state index contributed by atoms with van der Waals surface area (Å²) in [5.74, 6) is 0. The highest BCUT2D eigenvalue weighted by atomic mass is 19.3. The van der Waals surface area contributed by atoms with Crippen molar-refractivity contribution in [2.75, 3.05) is 13.1 Å². The van der Waals surface area contributed by atoms with Crippen molar-refractivity contribution >= 4 is 0 Å². The molecule has 0 fully saturated rings. The molecule has 1 heterocycles. The fourth-order valence-electron chi connectivity index (χ4n) is 1.43. The normalized spacial score (nSPS) is 13.4. The molecule has 1 atom stereocenters. The van der Waals surface area contributed by atoms with E-state index in [-0.39, 0.29) is 19.1 Å². The topological polar surface area (TPSA) is 55.9 Å². The first-order valence-corrected chi connectivity index (χ1v) is 4.90. The molecule has 0 aliphatic heterocycles. The molecule has 15 heavy (non-hydrogen) atoms. The van der Waals surface area contributed by atoms with Gasteiger partial charge in [-0.05, 0) is 6.92 Å². The van der Waals surface area contributed by atoms with Crippen molar-refractivity contribution in [1.29, 1.82) is 0 Å². The minimum atomic E-state index is -2.36. The van der Waals surface area contributed by atoms with Crippen LogP contribution in [0.5, 0.6) is 0 Å². The zero-order valence-electron chi connectivity index (χ0n) is 8.66. The third-order valence-electron chi connectivity index (χ3n) is 2.20. The van der Waals surface area contributed by atoms with Crippen LogP contribution in [-0.2, 0) is 6.54 Å². The minimum Gasteiger partial charge on any atom is -0.333 e. The SMILES string of the molecule is CCn1cncc1C(CN)NCC(F)F. The highest BCUT2D eigenvalue weighted by molar-refractivity contribution is 5.05. The first-order valence-electron chi connectivity index (χ1n) is 4.90. The van der Waals surface area contributed by atoms with Gasteiger partial charge < -0.3 is 15.6 Å². The number of rotatable bonds is 6. The van der Waals surface area contributed by atoms with E-state index in [1.165, 1.54) is 0 Å². The van der Waals surface area contributed by atoms with E-state index < -0.39 is 6.43 Å². The molecular formula is C9H16F2N4. The summed E-state index contributed by atoms with van der Waals surface area (Å²) < 4.78 is 25.9. The van der Waals surface area contributed by atoms with Gasteiger partial charge in [-0.2, -0.15) is 0 Å². The number of hydrogen-bond donors (Lipinski definition) is 2. The van der Waals surface area contributed by atoms with Crippen LogP contribution in [0.25, 0.3) is 0 Å². The van der Waals surface area contributed by atoms with Gasteiger partial charge in [-0.3, -0.25) is 0 Å². The van der Waals surface area contributed by atoms with E-state index in [0.717, 1.165) is 12.2 Å². The van der Waals surface area contributed by atoms with Crippen molar-refractivity contribution in [3.63, 3.8) is 0 Å². The van der Waals surface area contributed by atoms with E-state index >= 15 is 0 Å². The zero-order chi connectivity index (χ0) is 11.3. The van der Waals surface area contributed by atoms with E-state index in [1.807, 2.05) is 11.5 Å². The Kier molecular flexibility index (Phi) is 4.64. The van der Waals surface area contributed by atoms with E-state index in [2.05, 4.69) is 10.3 Å². The van der Waals surface area contributed by atoms with Crippen molar-refractivity contribution in [2.45, 2.75) is 25.9 Å². The van der Waals surface area contributed by atoms with Gasteiger partial charge in [0.25, 0.3) is 6.43 Å². The van der Waals surface area contributed by atoms with E-state index in [9.17, 15) is 8.78 Å². The van der Waals surface area contributed by atoms with E-state index in [1.54, 1.807) is 12.5 Å². The second kappa shape index (κ2) is 5.77. The van der Waals surface area contributed by atoms with Crippen LogP contribution < -0.4 is 11.1 Å². The van der Waals surface area contributed by atoms with Gasteiger partial charge in [0, 0.05) is 19.3 Å². The average molecular weight is 218 g/mol. The smallest absolute Gasteiger partial charge is 0.250 e. The zero-order valence-corrected chi connectivity index (χ0v) is 8.66. The summed E-state index contributed by atoms with van der Waals surface area (Å²) in [5, 5.41) is 2.71. The Morgan fingerprint density at radius 1 is 1.60 bits per heavy atom. The second-order valence-electron chi connectivity index (χ2n) is 3.19. The number of aryl methyl sites for hydroxylation is 1. The molecular weight excluding hydrogens is 202 g/mol. The van der Waals surface area contributed by atoms with Crippen LogP contribution in [0.4, 0.5) is 8.78 Å². The summed E-state index contributed by atoms with van der Waals surface area (Å²) in [6.07, 6.45) is 0.957. The van der Waals surface area contributed by atoms with Crippen LogP contribution >= 0.6 is 0 Å². The molecule has 1 aromatic heterocycles. The molecule has 6 heteroatoms. The highest BCUT2D eigenvalue weighted by Crippen LogP contribution is 2.11. The molecule has 0 saturated heterocycles. The Bertz CT molecular complexity index is 287. The number of aromatic nitrogens is 2. The summed E-state index contributed by atoms with van der Waals surface area (Å²) in [6, 6.07) is -0.263. The van der Waals surface area contributed by atoms with Crippen LogP contribution in [0.15, 0.2) is 12.5 Å². The molecule has 86 valence electrons. The van der Waals surface area contributed by atoms with Crippen LogP contribution in [0.1, 0.15) is 18.7 Å². The van der Waals surface area contributed by atoms with Crippen LogP contribution in [0.2, 0.25) is 0 Å². The van der Waals surface area contributed by atoms with Gasteiger partial charge in [-0.25, -0.2) is 13.8 Å². The second-order valence-corrected chi connectivity index (χ2v) is 3.19. The highest BCUT2D eigenvalue weighted by Gasteiger charge is 2.15. The Labute approximate surface area is 87.5 Å². The maximum Gasteiger partial charge on any atom is 0.250 e. The first-order chi connectivity index (χ1) is 7.19. The quantitative estimate of drug-likeness (QED) is 0.741. The van der Waals surface area contributed by atoms with Crippen molar-refractivity contribution in [2.24, 2.45) is 5.73 Å². The van der Waals surface area contributed by atoms with Crippen molar-refractivity contribution in [3.05, 3.63) is 18.2 Å². The van der Waals surface area contributed by atoms with E-state index in [4.69, 9.17) is 5.73 Å². The predicted octanol–water partition coefficient (Wildman–Crippen LogP) is 0.758. The molecule has 0 amide bonds. The minimum absolute atomic E-state index is 0.263. The lowest BCUT2D eigenvalue weighted by atomic mass is 10.2. The monoisotopic (exact) mass is 218 g/mol. The van der Waals surface area contributed by atoms with Gasteiger partial charge in [-0.1, -0.05) is 0 Å². The number of nitrogens with one attached hydrogen (secondary N) is 1. The number of imidazole rings is 1. The Morgan fingerprint density at radius 3 is 2.87 bits per heavy atom. The van der Waals surface area contributed by atoms with Gasteiger partial charge in [-0.15, -0.1) is 0 Å². The van der Waals surface area contributed by atoms with E-state index in [0.29, 0.717) is 0 Å². The van der Waals surface area contributed by atoms with Crippen molar-refractivity contribution < 1.29 is 8.78 Å². The number of hydrogen-bond acceptors (Lipinski definition) is 3. The molecule has 0 aliphatic carbocycles. The molecule has 0 radical (unpaired) electrons. The lowest BCUT2D eigenvalue weighted by Gasteiger charge is -2.17. The summed E-state index contributed by atoms with van der Waals surface area (Å²) in [7, 11) is 0. The third kappa shape index (κ3) is 3.24. The largest absolute Gasteiger partial charge is 0.333 e. The molecule has 0 spiro atoms. The number of halogens is 2. The molecule has 0 saturated carbocycles. The molecule has 0 bridgehead atoms. The van der Waals surface area contributed by atoms with Crippen LogP contribution in [0, 0.1) is 0 Å². The Hall–Kier alpha value is -1.01. The summed E-state index contributed by atoms with van der Waals surface area (Å²) >= 11 is 0. The van der Waals surface area contributed by atoms with Crippen molar-refractivity contribution in [1.82, 2.24) is 14.9 Å². The molecule has 4 nitrogen and oxygen atoms in total. The van der Waals surface area contributed by atoms with Crippen LogP contribution in [-0.4, -0.2) is 29.1 Å². The molecule has 3 N–H and O–H groups in total. The van der Waals surface area contributed by atoms with Crippen LogP contribution in [0.3, 0.4) is 0 Å². The first kappa shape index (κ1) is 12.1. The summed E-state index contributed by atoms with van der Waals surface area (Å²) in [6.45, 7) is 2.64. The van der Waals surface area contributed by atoms with Gasteiger partial charge in [0.2, 0.25) is 0 Å². The van der Waals surface area contributed by atoms with Gasteiger partial charge in [0.1, 0.15) is 0 Å². The molecule has 1 aromatic rings. The third-order valence-corrected chi connectivity index (χ3v) is 2.20. The standard InChI is InChI=1S/C9H16F2N4/c1-2-15-6-13-4-8(15)7(3-12)14-5-9(10)11/h4,6-7,9,14H,2-3,5,12H2,1H3. The van der Waals surface area contributed by atoms with Gasteiger partial charge in [0.05, 0.1) is 24.6 Å². The molecule has 1 rings (SSSR count). The maximum absolute atomic E-state index is 12.0. The lowest BCUT2D eigenvalue weighted by Crippen LogP contribution is -2.33. The maximum atomic E-state index is 12.0. The van der Waals surface area contributed by atoms with Gasteiger partial charge >= 0.3 is 0 Å². The average Bonchev–Trinajstić information content (AvgIpc) is 2.66. The molecule has 0 aliphatic rings. The predicted molar refractivity (Wildman–Crippen MR) is 53.7 cm³/mol. The fraction of sp³-hybridized carbons (Fsp3) is 0.667. The fourth-order valence-corrected chi connectivity index (χ4v) is 1.43. The Balaban J connectivity index is 2.65. The summed E-state index contributed by atoms with van der Waals surface area (Å²) in [4.78, 5) is 3.97. The number of alkyl halides is 2. The van der Waals surface area contributed by atoms with Crippen molar-refractivity contribution in [3.8, 4) is 0 Å². The Morgan fingerprint density at radius 2 is 2.33 bits per heavy atom. The molecule has 1 unspecified atom stereocenters. The number of nitrogens with two attached hydrogens (primary N) is 1. The lowest BCUT2D eigenvalue weighted by molar-refractivity contribution is 0.141. The molecule has 0 aromatic carbocycles. The number of nitrogens with zero attached hydrogens (tertiary/aromatic N) is 2.